The van der Waals surface area contributed by atoms with Crippen molar-refractivity contribution in [1.82, 2.24) is 0 Å². The van der Waals surface area contributed by atoms with Crippen LogP contribution in [0.3, 0.4) is 0 Å². The molecule has 0 fully saturated rings. The Balaban J connectivity index is 2.09. The molecule has 0 unspecified atom stereocenters. The number of hydrogen-bond donors (Lipinski definition) is 2. The van der Waals surface area contributed by atoms with Crippen molar-refractivity contribution in [3.05, 3.63) is 66.2 Å². The van der Waals surface area contributed by atoms with Gasteiger partial charge in [0, 0.05) is 5.56 Å². The van der Waals surface area contributed by atoms with Crippen LogP contribution >= 0.6 is 0 Å². The third kappa shape index (κ3) is 4.86. The molecule has 0 aliphatic rings. The predicted octanol–water partition coefficient (Wildman–Crippen LogP) is 3.53. The third-order valence-corrected chi connectivity index (χ3v) is 3.50. The van der Waals surface area contributed by atoms with E-state index in [1.165, 1.54) is 12.1 Å². The van der Waals surface area contributed by atoms with Crippen LogP contribution in [0.5, 0.6) is 11.5 Å². The van der Waals surface area contributed by atoms with Gasteiger partial charge in [0.2, 0.25) is 0 Å². The first-order chi connectivity index (χ1) is 12.6. The number of carboxylic acid groups (broad SMARTS) is 1. The molecule has 6 heteroatoms. The van der Waals surface area contributed by atoms with E-state index in [2.05, 4.69) is 11.9 Å². The number of hydrogen-bond acceptors (Lipinski definition) is 4. The van der Waals surface area contributed by atoms with Gasteiger partial charge >= 0.3 is 5.97 Å². The summed E-state index contributed by atoms with van der Waals surface area (Å²) >= 11 is 0. The van der Waals surface area contributed by atoms with Gasteiger partial charge in [-0.1, -0.05) is 30.3 Å². The van der Waals surface area contributed by atoms with E-state index in [1.807, 2.05) is 19.1 Å². The van der Waals surface area contributed by atoms with Crippen LogP contribution in [0, 0.1) is 0 Å². The highest BCUT2D eigenvalue weighted by molar-refractivity contribution is 6.00. The second kappa shape index (κ2) is 9.27. The Kier molecular flexibility index (Phi) is 6.79. The first-order valence-electron chi connectivity index (χ1n) is 8.17. The molecule has 0 heterocycles. The maximum Gasteiger partial charge on any atom is 0.337 e. The van der Waals surface area contributed by atoms with Crippen LogP contribution in [0.2, 0.25) is 0 Å². The Hall–Kier alpha value is -3.28. The minimum Gasteiger partial charge on any atom is -0.490 e. The van der Waals surface area contributed by atoms with Crippen LogP contribution in [0.25, 0.3) is 0 Å². The quantitative estimate of drug-likeness (QED) is 0.672. The average molecular weight is 355 g/mol. The number of ether oxygens (including phenoxy) is 2. The van der Waals surface area contributed by atoms with Crippen LogP contribution in [0.4, 0.5) is 5.69 Å². The molecule has 0 bridgehead atoms. The van der Waals surface area contributed by atoms with Crippen molar-refractivity contribution in [2.45, 2.75) is 13.3 Å². The van der Waals surface area contributed by atoms with Crippen LogP contribution in [-0.4, -0.2) is 30.2 Å². The van der Waals surface area contributed by atoms with Crippen molar-refractivity contribution in [2.75, 3.05) is 18.5 Å². The van der Waals surface area contributed by atoms with Gasteiger partial charge in [-0.3, -0.25) is 4.79 Å². The Morgan fingerprint density at radius 1 is 1.15 bits per heavy atom. The highest BCUT2D eigenvalue weighted by Gasteiger charge is 2.14. The smallest absolute Gasteiger partial charge is 0.337 e. The fourth-order valence-corrected chi connectivity index (χ4v) is 2.41. The standard InChI is InChI=1S/C20H21NO5/c1-3-8-14-9-7-12-17(19(14)25-4-2)26-13-18(22)21-16-11-6-5-10-15(16)20(23)24/h3,5-7,9-12H,1,4,8,13H2,2H3,(H,21,22)(H,23,24). The minimum atomic E-state index is -1.11. The topological polar surface area (TPSA) is 84.9 Å². The lowest BCUT2D eigenvalue weighted by atomic mass is 10.1. The van der Waals surface area contributed by atoms with Crippen molar-refractivity contribution in [2.24, 2.45) is 0 Å². The summed E-state index contributed by atoms with van der Waals surface area (Å²) in [4.78, 5) is 23.3. The normalized spacial score (nSPS) is 10.0. The van der Waals surface area contributed by atoms with Gasteiger partial charge in [-0.05, 0) is 31.5 Å². The molecule has 6 nitrogen and oxygen atoms in total. The summed E-state index contributed by atoms with van der Waals surface area (Å²) in [6, 6.07) is 11.6. The van der Waals surface area contributed by atoms with Gasteiger partial charge in [-0.25, -0.2) is 4.79 Å². The summed E-state index contributed by atoms with van der Waals surface area (Å²) in [5, 5.41) is 11.7. The van der Waals surface area contributed by atoms with Gasteiger partial charge in [0.05, 0.1) is 17.9 Å². The summed E-state index contributed by atoms with van der Waals surface area (Å²) in [5.41, 5.74) is 1.15. The zero-order valence-corrected chi connectivity index (χ0v) is 14.5. The highest BCUT2D eigenvalue weighted by atomic mass is 16.5. The van der Waals surface area contributed by atoms with Gasteiger partial charge in [0.15, 0.2) is 18.1 Å². The van der Waals surface area contributed by atoms with E-state index in [9.17, 15) is 9.59 Å². The predicted molar refractivity (Wildman–Crippen MR) is 99.0 cm³/mol. The highest BCUT2D eigenvalue weighted by Crippen LogP contribution is 2.32. The summed E-state index contributed by atoms with van der Waals surface area (Å²) in [6.07, 6.45) is 2.38. The molecule has 0 aromatic heterocycles. The average Bonchev–Trinajstić information content (AvgIpc) is 2.62. The molecule has 2 aromatic rings. The fourth-order valence-electron chi connectivity index (χ4n) is 2.41. The van der Waals surface area contributed by atoms with Crippen LogP contribution in [0.15, 0.2) is 55.1 Å². The largest absolute Gasteiger partial charge is 0.490 e. The molecule has 2 rings (SSSR count). The molecule has 0 aliphatic heterocycles. The van der Waals surface area contributed by atoms with Crippen LogP contribution in [0.1, 0.15) is 22.8 Å². The number of anilines is 1. The summed E-state index contributed by atoms with van der Waals surface area (Å²) < 4.78 is 11.2. The number of carbonyl (C=O) groups is 2. The van der Waals surface area contributed by atoms with E-state index in [1.54, 1.807) is 24.3 Å². The maximum atomic E-state index is 12.2. The summed E-state index contributed by atoms with van der Waals surface area (Å²) in [6.45, 7) is 5.78. The third-order valence-electron chi connectivity index (χ3n) is 3.50. The molecule has 0 radical (unpaired) electrons. The number of amides is 1. The summed E-state index contributed by atoms with van der Waals surface area (Å²) in [5.74, 6) is -0.547. The van der Waals surface area contributed by atoms with Gasteiger partial charge < -0.3 is 19.9 Å². The lowest BCUT2D eigenvalue weighted by molar-refractivity contribution is -0.118. The molecule has 2 N–H and O–H groups in total. The van der Waals surface area contributed by atoms with Crippen molar-refractivity contribution < 1.29 is 24.2 Å². The van der Waals surface area contributed by atoms with Crippen molar-refractivity contribution in [3.8, 4) is 11.5 Å². The lowest BCUT2D eigenvalue weighted by Gasteiger charge is -2.15. The van der Waals surface area contributed by atoms with E-state index >= 15 is 0 Å². The van der Waals surface area contributed by atoms with Crippen molar-refractivity contribution >= 4 is 17.6 Å². The second-order valence-corrected chi connectivity index (χ2v) is 5.36. The van der Waals surface area contributed by atoms with Crippen molar-refractivity contribution in [1.29, 1.82) is 0 Å². The molecule has 136 valence electrons. The van der Waals surface area contributed by atoms with E-state index in [0.29, 0.717) is 24.5 Å². The van der Waals surface area contributed by atoms with Crippen LogP contribution in [-0.2, 0) is 11.2 Å². The van der Waals surface area contributed by atoms with E-state index in [-0.39, 0.29) is 17.9 Å². The van der Waals surface area contributed by atoms with E-state index in [4.69, 9.17) is 14.6 Å². The number of carboxylic acids is 1. The van der Waals surface area contributed by atoms with Gasteiger partial charge in [0.1, 0.15) is 0 Å². The monoisotopic (exact) mass is 355 g/mol. The summed E-state index contributed by atoms with van der Waals surface area (Å²) in [7, 11) is 0. The Morgan fingerprint density at radius 3 is 2.62 bits per heavy atom. The molecular formula is C20H21NO5. The molecule has 26 heavy (non-hydrogen) atoms. The molecular weight excluding hydrogens is 334 g/mol. The molecule has 0 aliphatic carbocycles. The van der Waals surface area contributed by atoms with Gasteiger partial charge in [-0.15, -0.1) is 6.58 Å². The molecule has 0 spiro atoms. The first kappa shape index (κ1) is 19.1. The molecule has 0 atom stereocenters. The van der Waals surface area contributed by atoms with Gasteiger partial charge in [0.25, 0.3) is 5.91 Å². The fraction of sp³-hybridized carbons (Fsp3) is 0.200. The van der Waals surface area contributed by atoms with Crippen LogP contribution < -0.4 is 14.8 Å². The number of nitrogens with one attached hydrogen (secondary N) is 1. The molecule has 0 saturated carbocycles. The van der Waals surface area contributed by atoms with E-state index < -0.39 is 11.9 Å². The molecule has 2 aromatic carbocycles. The SMILES string of the molecule is C=CCc1cccc(OCC(=O)Nc2ccccc2C(=O)O)c1OCC. The number of rotatable bonds is 9. The van der Waals surface area contributed by atoms with E-state index in [0.717, 1.165) is 5.56 Å². The number of carbonyl (C=O) groups excluding carboxylic acids is 1. The Labute approximate surface area is 152 Å². The number of aromatic carboxylic acids is 1. The zero-order valence-electron chi connectivity index (χ0n) is 14.5. The maximum absolute atomic E-state index is 12.2. The number of para-hydroxylation sites is 2. The first-order valence-corrected chi connectivity index (χ1v) is 8.17. The van der Waals surface area contributed by atoms with Crippen molar-refractivity contribution in [3.63, 3.8) is 0 Å². The lowest BCUT2D eigenvalue weighted by Crippen LogP contribution is -2.21. The number of allylic oxidation sites excluding steroid dienone is 1. The minimum absolute atomic E-state index is 0.0174. The number of benzene rings is 2. The second-order valence-electron chi connectivity index (χ2n) is 5.36. The molecule has 0 saturated heterocycles. The zero-order chi connectivity index (χ0) is 18.9. The van der Waals surface area contributed by atoms with Gasteiger partial charge in [-0.2, -0.15) is 0 Å². The Morgan fingerprint density at radius 2 is 1.92 bits per heavy atom. The Bertz CT molecular complexity index is 801. The molecule has 1 amide bonds.